The Balaban J connectivity index is 2.37. The van der Waals surface area contributed by atoms with E-state index < -0.39 is 0 Å². The van der Waals surface area contributed by atoms with Crippen LogP contribution in [0.15, 0.2) is 0 Å². The molecular weight excluding hydrogens is 206 g/mol. The van der Waals surface area contributed by atoms with Crippen LogP contribution in [-0.2, 0) is 7.05 Å². The molecule has 0 saturated carbocycles. The molecule has 0 aliphatic heterocycles. The van der Waals surface area contributed by atoms with Crippen LogP contribution < -0.4 is 5.32 Å². The van der Waals surface area contributed by atoms with Crippen molar-refractivity contribution >= 4 is 17.4 Å². The van der Waals surface area contributed by atoms with E-state index in [1.54, 1.807) is 0 Å². The van der Waals surface area contributed by atoms with Gasteiger partial charge in [-0.3, -0.25) is 4.68 Å². The van der Waals surface area contributed by atoms with Crippen LogP contribution in [0.1, 0.15) is 24.2 Å². The van der Waals surface area contributed by atoms with Crippen molar-refractivity contribution in [2.24, 2.45) is 7.05 Å². The van der Waals surface area contributed by atoms with Crippen molar-refractivity contribution in [3.05, 3.63) is 11.4 Å². The Hall–Kier alpha value is -0.640. The number of aromatic nitrogens is 2. The minimum absolute atomic E-state index is 1.05. The zero-order chi connectivity index (χ0) is 11.3. The SMILES string of the molecule is CSCCCCNc1c(C)nn(C)c1C. The number of anilines is 1. The van der Waals surface area contributed by atoms with Gasteiger partial charge in [0.1, 0.15) is 0 Å². The van der Waals surface area contributed by atoms with Crippen LogP contribution in [0.3, 0.4) is 0 Å². The maximum atomic E-state index is 4.38. The molecule has 0 fully saturated rings. The number of nitrogens with one attached hydrogen (secondary N) is 1. The van der Waals surface area contributed by atoms with E-state index in [1.807, 2.05) is 23.5 Å². The van der Waals surface area contributed by atoms with E-state index in [9.17, 15) is 0 Å². The zero-order valence-electron chi connectivity index (χ0n) is 10.1. The molecule has 0 saturated heterocycles. The summed E-state index contributed by atoms with van der Waals surface area (Å²) in [6.07, 6.45) is 4.67. The average Bonchev–Trinajstić information content (AvgIpc) is 2.44. The molecule has 4 heteroatoms. The molecule has 1 rings (SSSR count). The minimum atomic E-state index is 1.05. The first kappa shape index (κ1) is 12.4. The number of nitrogens with zero attached hydrogens (tertiary/aromatic N) is 2. The first-order valence-corrected chi connectivity index (χ1v) is 6.79. The van der Waals surface area contributed by atoms with Gasteiger partial charge in [-0.15, -0.1) is 0 Å². The van der Waals surface area contributed by atoms with Gasteiger partial charge >= 0.3 is 0 Å². The Bertz CT molecular complexity index is 307. The van der Waals surface area contributed by atoms with Crippen LogP contribution in [0.2, 0.25) is 0 Å². The Kier molecular flexibility index (Phi) is 5.02. The molecule has 0 aliphatic carbocycles. The quantitative estimate of drug-likeness (QED) is 0.758. The smallest absolute Gasteiger partial charge is 0.0827 e. The van der Waals surface area contributed by atoms with E-state index in [0.717, 1.165) is 12.2 Å². The summed E-state index contributed by atoms with van der Waals surface area (Å²) in [4.78, 5) is 0. The Morgan fingerprint density at radius 1 is 1.33 bits per heavy atom. The number of hydrogen-bond acceptors (Lipinski definition) is 3. The summed E-state index contributed by atoms with van der Waals surface area (Å²) in [5.41, 5.74) is 3.53. The highest BCUT2D eigenvalue weighted by atomic mass is 32.2. The predicted octanol–water partition coefficient (Wildman–Crippen LogP) is 2.59. The fourth-order valence-corrected chi connectivity index (χ4v) is 2.11. The lowest BCUT2D eigenvalue weighted by molar-refractivity contribution is 0.731. The monoisotopic (exact) mass is 227 g/mol. The van der Waals surface area contributed by atoms with Crippen LogP contribution in [0, 0.1) is 13.8 Å². The zero-order valence-corrected chi connectivity index (χ0v) is 10.9. The van der Waals surface area contributed by atoms with E-state index in [1.165, 1.54) is 30.0 Å². The lowest BCUT2D eigenvalue weighted by Crippen LogP contribution is -2.04. The van der Waals surface area contributed by atoms with Gasteiger partial charge in [0.25, 0.3) is 0 Å². The van der Waals surface area contributed by atoms with Gasteiger partial charge in [-0.1, -0.05) is 0 Å². The van der Waals surface area contributed by atoms with Crippen molar-refractivity contribution in [1.82, 2.24) is 9.78 Å². The first-order chi connectivity index (χ1) is 7.16. The topological polar surface area (TPSA) is 29.9 Å². The molecule has 0 radical (unpaired) electrons. The predicted molar refractivity (Wildman–Crippen MR) is 68.8 cm³/mol. The van der Waals surface area contributed by atoms with Crippen LogP contribution in [-0.4, -0.2) is 28.3 Å². The molecule has 1 aromatic rings. The van der Waals surface area contributed by atoms with Crippen molar-refractivity contribution in [2.75, 3.05) is 23.9 Å². The van der Waals surface area contributed by atoms with E-state index in [4.69, 9.17) is 0 Å². The fraction of sp³-hybridized carbons (Fsp3) is 0.727. The molecule has 1 N–H and O–H groups in total. The molecule has 0 spiro atoms. The molecular formula is C11H21N3S. The molecule has 0 aliphatic rings. The average molecular weight is 227 g/mol. The Morgan fingerprint density at radius 3 is 2.60 bits per heavy atom. The molecule has 3 nitrogen and oxygen atoms in total. The highest BCUT2D eigenvalue weighted by Crippen LogP contribution is 2.18. The van der Waals surface area contributed by atoms with Gasteiger partial charge in [-0.2, -0.15) is 16.9 Å². The highest BCUT2D eigenvalue weighted by Gasteiger charge is 2.07. The summed E-state index contributed by atoms with van der Waals surface area (Å²) in [5, 5.41) is 7.84. The van der Waals surface area contributed by atoms with E-state index in [-0.39, 0.29) is 0 Å². The molecule has 0 bridgehead atoms. The second-order valence-electron chi connectivity index (χ2n) is 3.80. The fourth-order valence-electron chi connectivity index (χ4n) is 1.61. The number of rotatable bonds is 6. The summed E-state index contributed by atoms with van der Waals surface area (Å²) >= 11 is 1.91. The second-order valence-corrected chi connectivity index (χ2v) is 4.78. The van der Waals surface area contributed by atoms with Crippen LogP contribution in [0.5, 0.6) is 0 Å². The van der Waals surface area contributed by atoms with Crippen LogP contribution in [0.25, 0.3) is 0 Å². The standard InChI is InChI=1S/C11H21N3S/c1-9-11(10(2)14(3)13-9)12-7-5-6-8-15-4/h12H,5-8H2,1-4H3. The van der Waals surface area contributed by atoms with Gasteiger partial charge in [0.15, 0.2) is 0 Å². The Labute approximate surface area is 96.6 Å². The van der Waals surface area contributed by atoms with E-state index in [0.29, 0.717) is 0 Å². The van der Waals surface area contributed by atoms with Crippen LogP contribution >= 0.6 is 11.8 Å². The number of thioether (sulfide) groups is 1. The summed E-state index contributed by atoms with van der Waals surface area (Å²) in [6, 6.07) is 0. The third-order valence-corrected chi connectivity index (χ3v) is 3.28. The normalized spacial score (nSPS) is 10.7. The molecule has 0 atom stereocenters. The number of aryl methyl sites for hydroxylation is 2. The summed E-state index contributed by atoms with van der Waals surface area (Å²) < 4.78 is 1.93. The van der Waals surface area contributed by atoms with Gasteiger partial charge in [0.05, 0.1) is 17.1 Å². The molecule has 0 amide bonds. The number of unbranched alkanes of at least 4 members (excludes halogenated alkanes) is 1. The van der Waals surface area contributed by atoms with Crippen molar-refractivity contribution in [3.63, 3.8) is 0 Å². The van der Waals surface area contributed by atoms with E-state index in [2.05, 4.69) is 30.5 Å². The lowest BCUT2D eigenvalue weighted by Gasteiger charge is -2.06. The molecule has 0 unspecified atom stereocenters. The van der Waals surface area contributed by atoms with Gasteiger partial charge in [0.2, 0.25) is 0 Å². The van der Waals surface area contributed by atoms with Gasteiger partial charge in [0, 0.05) is 13.6 Å². The third-order valence-electron chi connectivity index (χ3n) is 2.59. The summed E-state index contributed by atoms with van der Waals surface area (Å²) in [6.45, 7) is 5.20. The molecule has 1 aromatic heterocycles. The minimum Gasteiger partial charge on any atom is -0.382 e. The summed E-state index contributed by atoms with van der Waals surface area (Å²) in [5.74, 6) is 1.26. The third kappa shape index (κ3) is 3.45. The first-order valence-electron chi connectivity index (χ1n) is 5.39. The molecule has 0 aromatic carbocycles. The molecule has 86 valence electrons. The van der Waals surface area contributed by atoms with Gasteiger partial charge < -0.3 is 5.32 Å². The van der Waals surface area contributed by atoms with Crippen molar-refractivity contribution in [3.8, 4) is 0 Å². The Morgan fingerprint density at radius 2 is 2.07 bits per heavy atom. The largest absolute Gasteiger partial charge is 0.382 e. The van der Waals surface area contributed by atoms with Crippen molar-refractivity contribution in [2.45, 2.75) is 26.7 Å². The van der Waals surface area contributed by atoms with Gasteiger partial charge in [-0.05, 0) is 38.7 Å². The van der Waals surface area contributed by atoms with Crippen molar-refractivity contribution < 1.29 is 0 Å². The van der Waals surface area contributed by atoms with Gasteiger partial charge in [-0.25, -0.2) is 0 Å². The van der Waals surface area contributed by atoms with E-state index >= 15 is 0 Å². The summed E-state index contributed by atoms with van der Waals surface area (Å²) in [7, 11) is 1.99. The lowest BCUT2D eigenvalue weighted by atomic mass is 10.3. The molecule has 1 heterocycles. The highest BCUT2D eigenvalue weighted by molar-refractivity contribution is 7.98. The number of hydrogen-bond donors (Lipinski definition) is 1. The second kappa shape index (κ2) is 6.05. The molecule has 15 heavy (non-hydrogen) atoms. The maximum absolute atomic E-state index is 4.38. The van der Waals surface area contributed by atoms with Crippen molar-refractivity contribution in [1.29, 1.82) is 0 Å². The maximum Gasteiger partial charge on any atom is 0.0827 e. The van der Waals surface area contributed by atoms with Crippen LogP contribution in [0.4, 0.5) is 5.69 Å².